The molecule has 0 nitrogen and oxygen atoms in total. The van der Waals surface area contributed by atoms with Crippen LogP contribution in [0.3, 0.4) is 0 Å². The predicted molar refractivity (Wildman–Crippen MR) is 102 cm³/mol. The lowest BCUT2D eigenvalue weighted by Crippen LogP contribution is -2.16. The lowest BCUT2D eigenvalue weighted by molar-refractivity contribution is 0.888. The first-order valence-electron chi connectivity index (χ1n) is 8.40. The van der Waals surface area contributed by atoms with Gasteiger partial charge >= 0.3 is 0 Å². The van der Waals surface area contributed by atoms with Crippen molar-refractivity contribution in [2.75, 3.05) is 23.0 Å². The van der Waals surface area contributed by atoms with Crippen molar-refractivity contribution in [3.63, 3.8) is 0 Å². The zero-order valence-electron chi connectivity index (χ0n) is 12.4. The van der Waals surface area contributed by atoms with Gasteiger partial charge in [0.05, 0.1) is 0 Å². The van der Waals surface area contributed by atoms with Crippen LogP contribution in [0.4, 0.5) is 0 Å². The Labute approximate surface area is 142 Å². The molecule has 2 saturated carbocycles. The van der Waals surface area contributed by atoms with Gasteiger partial charge in [-0.3, -0.25) is 0 Å². The van der Waals surface area contributed by atoms with Crippen LogP contribution in [0.1, 0.15) is 51.4 Å². The van der Waals surface area contributed by atoms with E-state index in [2.05, 4.69) is 47.0 Å². The van der Waals surface area contributed by atoms with Crippen LogP contribution in [0.15, 0.2) is 0 Å². The number of fused-ring (bicyclic) bond motifs is 2. The first-order valence-corrected chi connectivity index (χ1v) is 12.6. The molecule has 0 aromatic rings. The van der Waals surface area contributed by atoms with Crippen molar-refractivity contribution in [3.05, 3.63) is 0 Å². The first kappa shape index (κ1) is 16.3. The fourth-order valence-corrected chi connectivity index (χ4v) is 10.1. The Hall–Kier alpha value is 1.40. The van der Waals surface area contributed by atoms with Gasteiger partial charge in [-0.05, 0) is 61.5 Å². The van der Waals surface area contributed by atoms with E-state index in [1.807, 2.05) is 0 Å². The quantitative estimate of drug-likeness (QED) is 0.562. The van der Waals surface area contributed by atoms with Crippen molar-refractivity contribution in [2.24, 2.45) is 0 Å². The molecule has 0 amide bonds. The molecule has 3 rings (SSSR count). The number of hydrogen-bond donors (Lipinski definition) is 0. The highest BCUT2D eigenvalue weighted by Crippen LogP contribution is 2.41. The van der Waals surface area contributed by atoms with Crippen molar-refractivity contribution in [2.45, 2.75) is 72.4 Å². The minimum Gasteiger partial charge on any atom is -0.157 e. The van der Waals surface area contributed by atoms with E-state index in [0.717, 1.165) is 21.0 Å². The number of rotatable bonds is 0. The molecule has 4 atom stereocenters. The molecule has 0 aromatic carbocycles. The number of hydrogen-bond acceptors (Lipinski definition) is 4. The van der Waals surface area contributed by atoms with Gasteiger partial charge in [0.1, 0.15) is 0 Å². The summed E-state index contributed by atoms with van der Waals surface area (Å²) in [5.41, 5.74) is 0. The molecule has 0 spiro atoms. The van der Waals surface area contributed by atoms with E-state index in [4.69, 9.17) is 0 Å². The van der Waals surface area contributed by atoms with Crippen LogP contribution in [0.5, 0.6) is 0 Å². The largest absolute Gasteiger partial charge is 0.157 e. The van der Waals surface area contributed by atoms with Gasteiger partial charge in [0.25, 0.3) is 0 Å². The Bertz CT molecular complexity index is 232. The van der Waals surface area contributed by atoms with E-state index in [0.29, 0.717) is 0 Å². The predicted octanol–water partition coefficient (Wildman–Crippen LogP) is 5.56. The van der Waals surface area contributed by atoms with Crippen molar-refractivity contribution >= 4 is 47.0 Å². The Morgan fingerprint density at radius 1 is 0.400 bits per heavy atom. The molecule has 3 aliphatic rings. The van der Waals surface area contributed by atoms with Gasteiger partial charge in [-0.15, -0.1) is 0 Å². The van der Waals surface area contributed by atoms with E-state index in [1.165, 1.54) is 74.4 Å². The summed E-state index contributed by atoms with van der Waals surface area (Å²) in [6.45, 7) is 0. The molecule has 116 valence electrons. The molecule has 20 heavy (non-hydrogen) atoms. The van der Waals surface area contributed by atoms with Crippen molar-refractivity contribution in [1.82, 2.24) is 0 Å². The minimum absolute atomic E-state index is 0.986. The van der Waals surface area contributed by atoms with Crippen LogP contribution in [0.2, 0.25) is 0 Å². The Morgan fingerprint density at radius 3 is 1.00 bits per heavy atom. The second-order valence-corrected chi connectivity index (χ2v) is 11.6. The third kappa shape index (κ3) is 4.70. The third-order valence-electron chi connectivity index (χ3n) is 4.69. The monoisotopic (exact) mass is 348 g/mol. The van der Waals surface area contributed by atoms with Gasteiger partial charge in [-0.2, -0.15) is 47.0 Å². The van der Waals surface area contributed by atoms with Gasteiger partial charge in [0.2, 0.25) is 0 Å². The van der Waals surface area contributed by atoms with E-state index >= 15 is 0 Å². The highest BCUT2D eigenvalue weighted by atomic mass is 32.2. The van der Waals surface area contributed by atoms with Gasteiger partial charge in [0, 0.05) is 21.0 Å². The second kappa shape index (κ2) is 8.88. The number of thioether (sulfide) groups is 4. The maximum atomic E-state index is 2.30. The molecule has 0 N–H and O–H groups in total. The van der Waals surface area contributed by atoms with Gasteiger partial charge in [-0.25, -0.2) is 0 Å². The van der Waals surface area contributed by atoms with Crippen molar-refractivity contribution in [1.29, 1.82) is 0 Å². The zero-order valence-corrected chi connectivity index (χ0v) is 15.7. The van der Waals surface area contributed by atoms with Gasteiger partial charge in [-0.1, -0.05) is 12.8 Å². The molecule has 0 bridgehead atoms. The summed E-state index contributed by atoms with van der Waals surface area (Å²) < 4.78 is 0. The maximum Gasteiger partial charge on any atom is 0.0166 e. The smallest absolute Gasteiger partial charge is 0.0166 e. The Kier molecular flexibility index (Phi) is 7.22. The molecular weight excluding hydrogens is 320 g/mol. The molecule has 2 aliphatic carbocycles. The maximum absolute atomic E-state index is 2.30. The Balaban J connectivity index is 1.49. The summed E-state index contributed by atoms with van der Waals surface area (Å²) in [5, 5.41) is 3.94. The summed E-state index contributed by atoms with van der Waals surface area (Å²) in [6, 6.07) is 0. The molecule has 0 aromatic heterocycles. The molecule has 3 fully saturated rings. The average Bonchev–Trinajstić information content (AvgIpc) is 3.07. The summed E-state index contributed by atoms with van der Waals surface area (Å²) in [6.07, 6.45) is 11.8. The summed E-state index contributed by atoms with van der Waals surface area (Å²) >= 11 is 9.22. The van der Waals surface area contributed by atoms with Crippen molar-refractivity contribution in [3.8, 4) is 0 Å². The minimum atomic E-state index is 0.986. The zero-order chi connectivity index (χ0) is 13.6. The van der Waals surface area contributed by atoms with E-state index in [-0.39, 0.29) is 0 Å². The van der Waals surface area contributed by atoms with Crippen LogP contribution in [-0.4, -0.2) is 44.0 Å². The highest BCUT2D eigenvalue weighted by molar-refractivity contribution is 8.04. The lowest BCUT2D eigenvalue weighted by Gasteiger charge is -2.22. The SMILES string of the molecule is C1CS[C@H]2CCC[C@H]2SCCCS[C@@H]2CCC[C@@H]2SC1. The second-order valence-electron chi connectivity index (χ2n) is 6.21. The van der Waals surface area contributed by atoms with Crippen molar-refractivity contribution < 1.29 is 0 Å². The fourth-order valence-electron chi connectivity index (χ4n) is 3.60. The first-order chi connectivity index (χ1) is 9.93. The summed E-state index contributed by atoms with van der Waals surface area (Å²) in [7, 11) is 0. The molecule has 1 aliphatic heterocycles. The molecular formula is C16H28S4. The molecule has 4 heteroatoms. The Morgan fingerprint density at radius 2 is 0.700 bits per heavy atom. The normalized spacial score (nSPS) is 40.8. The summed E-state index contributed by atoms with van der Waals surface area (Å²) in [4.78, 5) is 0. The van der Waals surface area contributed by atoms with Gasteiger partial charge in [0.15, 0.2) is 0 Å². The van der Waals surface area contributed by atoms with Crippen LogP contribution in [-0.2, 0) is 0 Å². The lowest BCUT2D eigenvalue weighted by atomic mass is 10.4. The van der Waals surface area contributed by atoms with E-state index < -0.39 is 0 Å². The van der Waals surface area contributed by atoms with E-state index in [9.17, 15) is 0 Å². The topological polar surface area (TPSA) is 0 Å². The average molecular weight is 349 g/mol. The molecule has 1 heterocycles. The van der Waals surface area contributed by atoms with Crippen LogP contribution in [0, 0.1) is 0 Å². The fraction of sp³-hybridized carbons (Fsp3) is 1.00. The summed E-state index contributed by atoms with van der Waals surface area (Å²) in [5.74, 6) is 5.66. The molecule has 0 radical (unpaired) electrons. The van der Waals surface area contributed by atoms with E-state index in [1.54, 1.807) is 0 Å². The highest BCUT2D eigenvalue weighted by Gasteiger charge is 2.29. The van der Waals surface area contributed by atoms with Crippen LogP contribution >= 0.6 is 47.0 Å². The molecule has 1 saturated heterocycles. The van der Waals surface area contributed by atoms with Crippen LogP contribution < -0.4 is 0 Å². The standard InChI is InChI=1S/C16H28S4/c1-5-13-14(6-1)18-10-4-12-20-16-8-2-7-15(16)19-11-3-9-17-13/h13-16H,1-12H2/t13-,14+,15-,16+. The molecule has 0 unspecified atom stereocenters. The third-order valence-corrected chi connectivity index (χ3v) is 11.1. The van der Waals surface area contributed by atoms with Gasteiger partial charge < -0.3 is 0 Å². The van der Waals surface area contributed by atoms with Crippen LogP contribution in [0.25, 0.3) is 0 Å².